The number of unbranched alkanes of at least 4 members (excludes halogenated alkanes) is 1. The maximum atomic E-state index is 14.1. The zero-order valence-corrected chi connectivity index (χ0v) is 22.9. The van der Waals surface area contributed by atoms with Gasteiger partial charge in [0.1, 0.15) is 23.4 Å². The normalized spacial score (nSPS) is 14.4. The van der Waals surface area contributed by atoms with Crippen molar-refractivity contribution in [1.82, 2.24) is 15.5 Å². The van der Waals surface area contributed by atoms with Gasteiger partial charge in [-0.3, -0.25) is 9.59 Å². The van der Waals surface area contributed by atoms with Crippen LogP contribution in [-0.4, -0.2) is 51.6 Å². The lowest BCUT2D eigenvalue weighted by atomic mass is 9.91. The summed E-state index contributed by atoms with van der Waals surface area (Å²) in [5, 5.41) is 15.5. The molecule has 35 heavy (non-hydrogen) atoms. The fourth-order valence-electron chi connectivity index (χ4n) is 3.67. The summed E-state index contributed by atoms with van der Waals surface area (Å²) in [4.78, 5) is 41.8. The second-order valence-electron chi connectivity index (χ2n) is 11.0. The Morgan fingerprint density at radius 2 is 1.60 bits per heavy atom. The van der Waals surface area contributed by atoms with Crippen LogP contribution in [0.25, 0.3) is 0 Å². The number of phenolic OH excluding ortho intramolecular Hbond substituents is 1. The lowest BCUT2D eigenvalue weighted by Gasteiger charge is -2.43. The minimum atomic E-state index is -0.952. The molecule has 1 aromatic carbocycles. The summed E-state index contributed by atoms with van der Waals surface area (Å²) in [6.45, 7) is 17.2. The molecule has 3 amide bonds. The summed E-state index contributed by atoms with van der Waals surface area (Å²) in [5.74, 6) is -0.825. The lowest BCUT2D eigenvalue weighted by molar-refractivity contribution is -0.149. The Labute approximate surface area is 210 Å². The van der Waals surface area contributed by atoms with E-state index in [1.54, 1.807) is 32.9 Å². The molecule has 1 aromatic rings. The van der Waals surface area contributed by atoms with E-state index >= 15 is 0 Å². The molecule has 0 aliphatic heterocycles. The van der Waals surface area contributed by atoms with Gasteiger partial charge in [-0.15, -0.1) is 0 Å². The zero-order valence-electron chi connectivity index (χ0n) is 22.9. The van der Waals surface area contributed by atoms with Crippen molar-refractivity contribution in [2.24, 2.45) is 5.92 Å². The molecule has 1 rings (SSSR count). The lowest BCUT2D eigenvalue weighted by Crippen LogP contribution is -2.60. The van der Waals surface area contributed by atoms with Gasteiger partial charge in [0.05, 0.1) is 0 Å². The van der Waals surface area contributed by atoms with Crippen LogP contribution in [0.5, 0.6) is 5.75 Å². The van der Waals surface area contributed by atoms with Crippen molar-refractivity contribution in [3.05, 3.63) is 29.8 Å². The largest absolute Gasteiger partial charge is 0.508 e. The van der Waals surface area contributed by atoms with Crippen LogP contribution in [0, 0.1) is 5.92 Å². The first-order chi connectivity index (χ1) is 16.1. The summed E-state index contributed by atoms with van der Waals surface area (Å²) in [5.41, 5.74) is -0.909. The molecule has 0 spiro atoms. The predicted octanol–water partition coefficient (Wildman–Crippen LogP) is 4.92. The third-order valence-electron chi connectivity index (χ3n) is 5.66. The predicted molar refractivity (Wildman–Crippen MR) is 138 cm³/mol. The molecule has 0 saturated carbocycles. The second kappa shape index (κ2) is 12.8. The van der Waals surface area contributed by atoms with Crippen molar-refractivity contribution in [2.75, 3.05) is 6.54 Å². The molecule has 0 fully saturated rings. The molecule has 0 heterocycles. The Kier molecular flexibility index (Phi) is 11.1. The van der Waals surface area contributed by atoms with Crippen LogP contribution < -0.4 is 10.6 Å². The summed E-state index contributed by atoms with van der Waals surface area (Å²) >= 11 is 0. The van der Waals surface area contributed by atoms with E-state index in [0.29, 0.717) is 18.5 Å². The molecule has 198 valence electrons. The van der Waals surface area contributed by atoms with Crippen LogP contribution in [0.1, 0.15) is 93.2 Å². The number of alkyl carbamates (subject to hydrolysis) is 1. The van der Waals surface area contributed by atoms with E-state index in [0.717, 1.165) is 12.8 Å². The highest BCUT2D eigenvalue weighted by Crippen LogP contribution is 2.32. The summed E-state index contributed by atoms with van der Waals surface area (Å²) in [6, 6.07) is 4.44. The molecule has 0 aliphatic carbocycles. The Balaban J connectivity index is 3.52. The third kappa shape index (κ3) is 9.42. The molecule has 0 aliphatic rings. The second-order valence-corrected chi connectivity index (χ2v) is 11.0. The number of amides is 3. The Hall–Kier alpha value is -2.77. The molecule has 3 atom stereocenters. The standard InChI is InChI=1S/C27H45N3O5/c1-10-12-17-28-23(32)22(19-13-15-20(31)16-14-19)30(26(4,5)6)24(33)21(18(3)11-2)29-25(34)35-27(7,8)9/h13-16,18,21-22,31H,10-12,17H2,1-9H3,(H,28,32)(H,29,34). The monoisotopic (exact) mass is 491 g/mol. The van der Waals surface area contributed by atoms with Gasteiger partial charge in [0.15, 0.2) is 0 Å². The van der Waals surface area contributed by atoms with Gasteiger partial charge in [0, 0.05) is 12.1 Å². The third-order valence-corrected chi connectivity index (χ3v) is 5.66. The molecule has 0 bridgehead atoms. The van der Waals surface area contributed by atoms with Crippen molar-refractivity contribution in [3.63, 3.8) is 0 Å². The number of carbonyl (C=O) groups excluding carboxylic acids is 3. The van der Waals surface area contributed by atoms with E-state index in [2.05, 4.69) is 10.6 Å². The van der Waals surface area contributed by atoms with Crippen molar-refractivity contribution in [1.29, 1.82) is 0 Å². The number of nitrogens with one attached hydrogen (secondary N) is 2. The smallest absolute Gasteiger partial charge is 0.408 e. The number of hydrogen-bond donors (Lipinski definition) is 3. The maximum Gasteiger partial charge on any atom is 0.408 e. The highest BCUT2D eigenvalue weighted by Gasteiger charge is 2.43. The first kappa shape index (κ1) is 30.3. The maximum absolute atomic E-state index is 14.1. The molecule has 3 unspecified atom stereocenters. The van der Waals surface area contributed by atoms with E-state index in [-0.39, 0.29) is 23.5 Å². The fraction of sp³-hybridized carbons (Fsp3) is 0.667. The number of ether oxygens (including phenoxy) is 1. The Morgan fingerprint density at radius 3 is 2.06 bits per heavy atom. The molecule has 0 radical (unpaired) electrons. The van der Waals surface area contributed by atoms with Crippen LogP contribution >= 0.6 is 0 Å². The SMILES string of the molecule is CCCCNC(=O)C(c1ccc(O)cc1)N(C(=O)C(NC(=O)OC(C)(C)C)C(C)CC)C(C)(C)C. The highest BCUT2D eigenvalue weighted by atomic mass is 16.6. The molecule has 0 aromatic heterocycles. The van der Waals surface area contributed by atoms with Gasteiger partial charge in [0.2, 0.25) is 11.8 Å². The Bertz CT molecular complexity index is 840. The van der Waals surface area contributed by atoms with Crippen molar-refractivity contribution < 1.29 is 24.2 Å². The van der Waals surface area contributed by atoms with Crippen LogP contribution in [0.4, 0.5) is 4.79 Å². The van der Waals surface area contributed by atoms with Gasteiger partial charge >= 0.3 is 6.09 Å². The van der Waals surface area contributed by atoms with Crippen LogP contribution in [0.3, 0.4) is 0 Å². The zero-order chi connectivity index (χ0) is 27.0. The van der Waals surface area contributed by atoms with E-state index in [4.69, 9.17) is 4.74 Å². The van der Waals surface area contributed by atoms with E-state index in [1.807, 2.05) is 41.5 Å². The van der Waals surface area contributed by atoms with Crippen molar-refractivity contribution in [2.45, 2.75) is 105 Å². The number of aromatic hydroxyl groups is 1. The van der Waals surface area contributed by atoms with Gasteiger partial charge in [-0.2, -0.15) is 0 Å². The minimum Gasteiger partial charge on any atom is -0.508 e. The fourth-order valence-corrected chi connectivity index (χ4v) is 3.67. The number of rotatable bonds is 10. The van der Waals surface area contributed by atoms with Crippen LogP contribution in [0.15, 0.2) is 24.3 Å². The van der Waals surface area contributed by atoms with Gasteiger partial charge in [-0.25, -0.2) is 4.79 Å². The molecule has 8 heteroatoms. The van der Waals surface area contributed by atoms with Gasteiger partial charge in [-0.1, -0.05) is 45.7 Å². The molecular formula is C27H45N3O5. The van der Waals surface area contributed by atoms with E-state index in [9.17, 15) is 19.5 Å². The van der Waals surface area contributed by atoms with Crippen LogP contribution in [-0.2, 0) is 14.3 Å². The summed E-state index contributed by atoms with van der Waals surface area (Å²) in [6.07, 6.45) is 1.69. The number of nitrogens with zero attached hydrogens (tertiary/aromatic N) is 1. The topological polar surface area (TPSA) is 108 Å². The molecular weight excluding hydrogens is 446 g/mol. The van der Waals surface area contributed by atoms with Gasteiger partial charge in [0.25, 0.3) is 0 Å². The average molecular weight is 492 g/mol. The Morgan fingerprint density at radius 1 is 1.03 bits per heavy atom. The average Bonchev–Trinajstić information content (AvgIpc) is 2.73. The summed E-state index contributed by atoms with van der Waals surface area (Å²) < 4.78 is 5.42. The van der Waals surface area contributed by atoms with Gasteiger partial charge in [-0.05, 0) is 71.6 Å². The van der Waals surface area contributed by atoms with Crippen molar-refractivity contribution in [3.8, 4) is 5.75 Å². The van der Waals surface area contributed by atoms with Crippen molar-refractivity contribution >= 4 is 17.9 Å². The highest BCUT2D eigenvalue weighted by molar-refractivity contribution is 5.92. The first-order valence-corrected chi connectivity index (χ1v) is 12.5. The molecule has 3 N–H and O–H groups in total. The molecule has 8 nitrogen and oxygen atoms in total. The van der Waals surface area contributed by atoms with Crippen LogP contribution in [0.2, 0.25) is 0 Å². The number of phenols is 1. The van der Waals surface area contributed by atoms with E-state index in [1.165, 1.54) is 17.0 Å². The minimum absolute atomic E-state index is 0.0663. The first-order valence-electron chi connectivity index (χ1n) is 12.5. The quantitative estimate of drug-likeness (QED) is 0.403. The summed E-state index contributed by atoms with van der Waals surface area (Å²) in [7, 11) is 0. The van der Waals surface area contributed by atoms with Gasteiger partial charge < -0.3 is 25.4 Å². The number of benzene rings is 1. The molecule has 0 saturated heterocycles. The number of carbonyl (C=O) groups is 3. The van der Waals surface area contributed by atoms with E-state index < -0.39 is 29.3 Å². The number of hydrogen-bond acceptors (Lipinski definition) is 5.